The zero-order chi connectivity index (χ0) is 10.1. The fourth-order valence-electron chi connectivity index (χ4n) is 1.89. The molecule has 0 amide bonds. The fraction of sp³-hybridized carbons (Fsp3) is 0.636. The normalized spacial score (nSPS) is 34.0. The predicted molar refractivity (Wildman–Crippen MR) is 57.0 cm³/mol. The van der Waals surface area contributed by atoms with Crippen LogP contribution in [0.5, 0.6) is 0 Å². The van der Waals surface area contributed by atoms with E-state index in [0.717, 1.165) is 24.1 Å². The van der Waals surface area contributed by atoms with Crippen LogP contribution in [0.4, 0.5) is 0 Å². The SMILES string of the molecule is CCCC1(C)C=CC(C)=C(N)C1N. The van der Waals surface area contributed by atoms with Gasteiger partial charge in [-0.1, -0.05) is 32.4 Å². The average molecular weight is 180 g/mol. The molecular formula is C11H20N2. The smallest absolute Gasteiger partial charge is 0.0534 e. The van der Waals surface area contributed by atoms with Crippen molar-refractivity contribution in [2.75, 3.05) is 0 Å². The Hall–Kier alpha value is -0.760. The minimum Gasteiger partial charge on any atom is -0.401 e. The molecule has 0 radical (unpaired) electrons. The number of rotatable bonds is 2. The van der Waals surface area contributed by atoms with E-state index in [1.165, 1.54) is 0 Å². The monoisotopic (exact) mass is 180 g/mol. The van der Waals surface area contributed by atoms with Crippen molar-refractivity contribution in [1.82, 2.24) is 0 Å². The van der Waals surface area contributed by atoms with Crippen LogP contribution in [0, 0.1) is 5.41 Å². The van der Waals surface area contributed by atoms with Crippen molar-refractivity contribution in [3.05, 3.63) is 23.4 Å². The maximum absolute atomic E-state index is 6.10. The summed E-state index contributed by atoms with van der Waals surface area (Å²) in [5, 5.41) is 0. The van der Waals surface area contributed by atoms with Crippen LogP contribution in [0.15, 0.2) is 23.4 Å². The molecule has 74 valence electrons. The minimum atomic E-state index is -0.0163. The zero-order valence-electron chi connectivity index (χ0n) is 8.80. The molecule has 0 saturated carbocycles. The van der Waals surface area contributed by atoms with Crippen LogP contribution < -0.4 is 11.5 Å². The van der Waals surface area contributed by atoms with Crippen molar-refractivity contribution in [2.24, 2.45) is 16.9 Å². The first-order valence-corrected chi connectivity index (χ1v) is 4.92. The summed E-state index contributed by atoms with van der Waals surface area (Å²) in [7, 11) is 0. The molecule has 0 aromatic heterocycles. The minimum absolute atomic E-state index is 0.0163. The third-order valence-corrected chi connectivity index (χ3v) is 3.00. The van der Waals surface area contributed by atoms with Crippen LogP contribution in [0.3, 0.4) is 0 Å². The van der Waals surface area contributed by atoms with Crippen molar-refractivity contribution < 1.29 is 0 Å². The number of allylic oxidation sites excluding steroid dienone is 2. The highest BCUT2D eigenvalue weighted by atomic mass is 14.8. The summed E-state index contributed by atoms with van der Waals surface area (Å²) in [6.45, 7) is 6.36. The van der Waals surface area contributed by atoms with Gasteiger partial charge in [0.15, 0.2) is 0 Å². The first kappa shape index (κ1) is 10.3. The van der Waals surface area contributed by atoms with E-state index >= 15 is 0 Å². The molecule has 1 aliphatic carbocycles. The summed E-state index contributed by atoms with van der Waals surface area (Å²) in [5.74, 6) is 0. The lowest BCUT2D eigenvalue weighted by atomic mass is 9.73. The lowest BCUT2D eigenvalue weighted by molar-refractivity contribution is 0.328. The van der Waals surface area contributed by atoms with Crippen LogP contribution in [-0.2, 0) is 0 Å². The van der Waals surface area contributed by atoms with Crippen LogP contribution in [-0.4, -0.2) is 6.04 Å². The summed E-state index contributed by atoms with van der Waals surface area (Å²) >= 11 is 0. The van der Waals surface area contributed by atoms with Crippen molar-refractivity contribution in [2.45, 2.75) is 39.7 Å². The summed E-state index contributed by atoms with van der Waals surface area (Å²) in [6.07, 6.45) is 6.53. The van der Waals surface area contributed by atoms with E-state index in [1.54, 1.807) is 0 Å². The molecule has 2 atom stereocenters. The van der Waals surface area contributed by atoms with Gasteiger partial charge >= 0.3 is 0 Å². The van der Waals surface area contributed by atoms with Gasteiger partial charge < -0.3 is 11.5 Å². The Morgan fingerprint density at radius 2 is 2.15 bits per heavy atom. The van der Waals surface area contributed by atoms with E-state index in [9.17, 15) is 0 Å². The summed E-state index contributed by atoms with van der Waals surface area (Å²) < 4.78 is 0. The third kappa shape index (κ3) is 1.78. The molecule has 2 nitrogen and oxygen atoms in total. The summed E-state index contributed by atoms with van der Waals surface area (Å²) in [5.41, 5.74) is 14.0. The second kappa shape index (κ2) is 3.54. The van der Waals surface area contributed by atoms with Crippen molar-refractivity contribution >= 4 is 0 Å². The van der Waals surface area contributed by atoms with Gasteiger partial charge in [0.1, 0.15) is 0 Å². The lowest BCUT2D eigenvalue weighted by Crippen LogP contribution is -2.44. The molecule has 0 saturated heterocycles. The molecule has 2 heteroatoms. The van der Waals surface area contributed by atoms with Gasteiger partial charge in [0.05, 0.1) is 6.04 Å². The summed E-state index contributed by atoms with van der Waals surface area (Å²) in [6, 6.07) is -0.0163. The van der Waals surface area contributed by atoms with Gasteiger partial charge in [0.2, 0.25) is 0 Å². The topological polar surface area (TPSA) is 52.0 Å². The lowest BCUT2D eigenvalue weighted by Gasteiger charge is -2.36. The Balaban J connectivity index is 2.91. The van der Waals surface area contributed by atoms with Gasteiger partial charge in [-0.25, -0.2) is 0 Å². The Labute approximate surface area is 80.7 Å². The van der Waals surface area contributed by atoms with Crippen LogP contribution >= 0.6 is 0 Å². The van der Waals surface area contributed by atoms with Crippen LogP contribution in [0.2, 0.25) is 0 Å². The second-order valence-electron chi connectivity index (χ2n) is 4.21. The molecule has 0 aromatic carbocycles. The van der Waals surface area contributed by atoms with Crippen molar-refractivity contribution in [3.63, 3.8) is 0 Å². The number of hydrogen-bond acceptors (Lipinski definition) is 2. The van der Waals surface area contributed by atoms with Gasteiger partial charge in [0, 0.05) is 11.1 Å². The van der Waals surface area contributed by atoms with Crippen LogP contribution in [0.25, 0.3) is 0 Å². The fourth-order valence-corrected chi connectivity index (χ4v) is 1.89. The Morgan fingerprint density at radius 3 is 2.69 bits per heavy atom. The molecule has 0 heterocycles. The molecule has 4 N–H and O–H groups in total. The third-order valence-electron chi connectivity index (χ3n) is 3.00. The maximum Gasteiger partial charge on any atom is 0.0534 e. The van der Waals surface area contributed by atoms with Gasteiger partial charge in [-0.15, -0.1) is 0 Å². The van der Waals surface area contributed by atoms with Gasteiger partial charge in [0.25, 0.3) is 0 Å². The number of hydrogen-bond donors (Lipinski definition) is 2. The van der Waals surface area contributed by atoms with E-state index in [2.05, 4.69) is 26.0 Å². The van der Waals surface area contributed by atoms with Crippen LogP contribution in [0.1, 0.15) is 33.6 Å². The maximum atomic E-state index is 6.10. The quantitative estimate of drug-likeness (QED) is 0.682. The van der Waals surface area contributed by atoms with Gasteiger partial charge in [-0.05, 0) is 18.9 Å². The Morgan fingerprint density at radius 1 is 1.54 bits per heavy atom. The van der Waals surface area contributed by atoms with Gasteiger partial charge in [-0.2, -0.15) is 0 Å². The van der Waals surface area contributed by atoms with E-state index < -0.39 is 0 Å². The highest BCUT2D eigenvalue weighted by Crippen LogP contribution is 2.35. The van der Waals surface area contributed by atoms with E-state index in [-0.39, 0.29) is 11.5 Å². The highest BCUT2D eigenvalue weighted by Gasteiger charge is 2.32. The number of nitrogens with two attached hydrogens (primary N) is 2. The first-order valence-electron chi connectivity index (χ1n) is 4.92. The molecule has 0 spiro atoms. The predicted octanol–water partition coefficient (Wildman–Crippen LogP) is 1.92. The standard InChI is InChI=1S/C11H20N2/c1-4-6-11(3)7-5-8(2)9(12)10(11)13/h5,7,10H,4,6,12-13H2,1-3H3. The Kier molecular flexibility index (Phi) is 2.81. The summed E-state index contributed by atoms with van der Waals surface area (Å²) in [4.78, 5) is 0. The van der Waals surface area contributed by atoms with Gasteiger partial charge in [-0.3, -0.25) is 0 Å². The second-order valence-corrected chi connectivity index (χ2v) is 4.21. The molecule has 0 bridgehead atoms. The molecule has 1 rings (SSSR count). The molecule has 1 aliphatic rings. The molecule has 0 aromatic rings. The van der Waals surface area contributed by atoms with E-state index in [0.29, 0.717) is 0 Å². The highest BCUT2D eigenvalue weighted by molar-refractivity contribution is 5.34. The largest absolute Gasteiger partial charge is 0.401 e. The Bertz CT molecular complexity index is 253. The molecule has 2 unspecified atom stereocenters. The molecular weight excluding hydrogens is 160 g/mol. The average Bonchev–Trinajstić information content (AvgIpc) is 2.10. The molecule has 0 aliphatic heterocycles. The van der Waals surface area contributed by atoms with Crippen molar-refractivity contribution in [3.8, 4) is 0 Å². The van der Waals surface area contributed by atoms with E-state index in [4.69, 9.17) is 11.5 Å². The molecule has 0 fully saturated rings. The van der Waals surface area contributed by atoms with E-state index in [1.807, 2.05) is 6.92 Å². The first-order chi connectivity index (χ1) is 6.01. The molecule has 13 heavy (non-hydrogen) atoms. The van der Waals surface area contributed by atoms with Crippen molar-refractivity contribution in [1.29, 1.82) is 0 Å². The zero-order valence-corrected chi connectivity index (χ0v) is 8.80.